The van der Waals surface area contributed by atoms with Crippen LogP contribution in [0.2, 0.25) is 0 Å². The molecule has 0 saturated heterocycles. The van der Waals surface area contributed by atoms with E-state index in [2.05, 4.69) is 37.0 Å². The van der Waals surface area contributed by atoms with Crippen molar-refractivity contribution in [3.63, 3.8) is 0 Å². The van der Waals surface area contributed by atoms with Crippen LogP contribution >= 0.6 is 38.5 Å². The highest BCUT2D eigenvalue weighted by Crippen LogP contribution is 2.09. The molecule has 0 fully saturated rings. The maximum atomic E-state index is 12.0. The van der Waals surface area contributed by atoms with Gasteiger partial charge in [0.2, 0.25) is 5.91 Å². The second-order valence-corrected chi connectivity index (χ2v) is 6.80. The molecule has 2 N–H and O–H groups in total. The lowest BCUT2D eigenvalue weighted by atomic mass is 10.2. The topological polar surface area (TPSA) is 93.8 Å². The van der Waals surface area contributed by atoms with Gasteiger partial charge in [0.25, 0.3) is 5.91 Å². The largest absolute Gasteiger partial charge is 0.291 e. The van der Waals surface area contributed by atoms with E-state index in [1.54, 1.807) is 37.2 Å². The molecular weight excluding hydrogens is 467 g/mol. The summed E-state index contributed by atoms with van der Waals surface area (Å²) in [5.74, 6) is -1.10. The van der Waals surface area contributed by atoms with E-state index in [1.165, 1.54) is 4.68 Å². The molecule has 10 heteroatoms. The Hall–Kier alpha value is -1.43. The Labute approximate surface area is 148 Å². The monoisotopic (exact) mass is 480 g/mol. The van der Waals surface area contributed by atoms with Crippen molar-refractivity contribution in [2.45, 2.75) is 13.5 Å². The zero-order valence-corrected chi connectivity index (χ0v) is 15.6. The molecule has 0 radical (unpaired) electrons. The number of nitrogens with zero attached hydrogens (tertiary/aromatic N) is 4. The van der Waals surface area contributed by atoms with Crippen molar-refractivity contribution < 1.29 is 9.59 Å². The molecule has 0 saturated carbocycles. The predicted octanol–water partition coefficient (Wildman–Crippen LogP) is 1.08. The Bertz CT molecular complexity index is 698. The number of hydrazine groups is 1. The number of carbonyl (C=O) groups is 2. The van der Waals surface area contributed by atoms with Crippen molar-refractivity contribution in [3.05, 3.63) is 32.3 Å². The lowest BCUT2D eigenvalue weighted by Crippen LogP contribution is -2.45. The number of aryl methyl sites for hydroxylation is 1. The molecular formula is C12H14BrIN6O2. The lowest BCUT2D eigenvalue weighted by Gasteiger charge is -2.12. The molecule has 2 aromatic heterocycles. The zero-order valence-electron chi connectivity index (χ0n) is 11.9. The summed E-state index contributed by atoms with van der Waals surface area (Å²) in [6.45, 7) is 2.16. The molecule has 0 aliphatic rings. The van der Waals surface area contributed by atoms with Crippen LogP contribution in [0.1, 0.15) is 17.4 Å². The second-order valence-electron chi connectivity index (χ2n) is 4.72. The van der Waals surface area contributed by atoms with Crippen molar-refractivity contribution in [2.75, 3.05) is 0 Å². The number of hydrogen-bond donors (Lipinski definition) is 2. The summed E-state index contributed by atoms with van der Waals surface area (Å²) in [7, 11) is 1.72. The van der Waals surface area contributed by atoms with E-state index in [4.69, 9.17) is 0 Å². The highest BCUT2D eigenvalue weighted by molar-refractivity contribution is 14.1. The van der Waals surface area contributed by atoms with Crippen molar-refractivity contribution >= 4 is 50.3 Å². The molecule has 1 atom stereocenters. The number of aromatic nitrogens is 4. The molecule has 2 amide bonds. The van der Waals surface area contributed by atoms with Crippen LogP contribution in [0.15, 0.2) is 23.1 Å². The molecule has 8 nitrogen and oxygen atoms in total. The predicted molar refractivity (Wildman–Crippen MR) is 90.6 cm³/mol. The van der Waals surface area contributed by atoms with E-state index >= 15 is 0 Å². The molecule has 0 bridgehead atoms. The quantitative estimate of drug-likeness (QED) is 0.505. The van der Waals surface area contributed by atoms with Gasteiger partial charge in [0, 0.05) is 19.4 Å². The molecule has 0 aliphatic carbocycles. The Balaban J connectivity index is 1.86. The van der Waals surface area contributed by atoms with Crippen molar-refractivity contribution in [2.24, 2.45) is 13.0 Å². The van der Waals surface area contributed by atoms with Gasteiger partial charge in [-0.1, -0.05) is 6.92 Å². The Morgan fingerprint density at radius 1 is 1.41 bits per heavy atom. The Morgan fingerprint density at radius 2 is 2.14 bits per heavy atom. The summed E-state index contributed by atoms with van der Waals surface area (Å²) in [6.07, 6.45) is 5.14. The van der Waals surface area contributed by atoms with Gasteiger partial charge < -0.3 is 0 Å². The van der Waals surface area contributed by atoms with Crippen LogP contribution in [0.25, 0.3) is 0 Å². The van der Waals surface area contributed by atoms with E-state index in [0.717, 1.165) is 4.47 Å². The fourth-order valence-corrected chi connectivity index (χ4v) is 2.80. The van der Waals surface area contributed by atoms with E-state index in [1.807, 2.05) is 22.6 Å². The Kier molecular flexibility index (Phi) is 5.56. The normalized spacial score (nSPS) is 12.0. The lowest BCUT2D eigenvalue weighted by molar-refractivity contribution is -0.125. The summed E-state index contributed by atoms with van der Waals surface area (Å²) in [5, 5.41) is 8.11. The van der Waals surface area contributed by atoms with Crippen LogP contribution < -0.4 is 10.9 Å². The first-order chi connectivity index (χ1) is 10.4. The van der Waals surface area contributed by atoms with E-state index in [-0.39, 0.29) is 17.5 Å². The third kappa shape index (κ3) is 4.29. The van der Waals surface area contributed by atoms with Crippen LogP contribution in [-0.4, -0.2) is 31.4 Å². The number of amides is 2. The molecule has 2 rings (SSSR count). The van der Waals surface area contributed by atoms with Gasteiger partial charge >= 0.3 is 0 Å². The highest BCUT2D eigenvalue weighted by atomic mass is 127. The molecule has 0 unspecified atom stereocenters. The van der Waals surface area contributed by atoms with Gasteiger partial charge in [-0.3, -0.25) is 29.8 Å². The molecule has 22 heavy (non-hydrogen) atoms. The molecule has 0 aliphatic heterocycles. The standard InChI is InChI=1S/C12H14BrIN6O2/c1-7(4-20-5-8(13)3-15-20)11(21)16-17-12(22)10-9(14)6-19(2)18-10/h3,5-7H,4H2,1-2H3,(H,16,21)(H,17,22)/t7-/m1/s1. The van der Waals surface area contributed by atoms with Crippen LogP contribution in [0.5, 0.6) is 0 Å². The zero-order chi connectivity index (χ0) is 16.3. The molecule has 118 valence electrons. The van der Waals surface area contributed by atoms with Crippen molar-refractivity contribution in [3.8, 4) is 0 Å². The molecule has 0 spiro atoms. The SMILES string of the molecule is C[C@H](Cn1cc(Br)cn1)C(=O)NNC(=O)c1nn(C)cc1I. The first-order valence-electron chi connectivity index (χ1n) is 6.34. The molecule has 0 aromatic carbocycles. The van der Waals surface area contributed by atoms with Gasteiger partial charge in [-0.25, -0.2) is 0 Å². The van der Waals surface area contributed by atoms with Crippen molar-refractivity contribution in [1.82, 2.24) is 30.4 Å². The van der Waals surface area contributed by atoms with Gasteiger partial charge in [-0.05, 0) is 38.5 Å². The van der Waals surface area contributed by atoms with Crippen LogP contribution in [0.3, 0.4) is 0 Å². The van der Waals surface area contributed by atoms with Crippen LogP contribution in [0, 0.1) is 9.49 Å². The first-order valence-corrected chi connectivity index (χ1v) is 8.21. The third-order valence-corrected chi connectivity index (χ3v) is 4.01. The third-order valence-electron chi connectivity index (χ3n) is 2.81. The van der Waals surface area contributed by atoms with Gasteiger partial charge in [0.15, 0.2) is 5.69 Å². The average Bonchev–Trinajstić information content (AvgIpc) is 3.01. The van der Waals surface area contributed by atoms with Gasteiger partial charge in [0.05, 0.1) is 26.7 Å². The maximum absolute atomic E-state index is 12.0. The summed E-state index contributed by atoms with van der Waals surface area (Å²) >= 11 is 5.30. The summed E-state index contributed by atoms with van der Waals surface area (Å²) in [5.41, 5.74) is 5.04. The number of nitrogens with one attached hydrogen (secondary N) is 2. The fraction of sp³-hybridized carbons (Fsp3) is 0.333. The first kappa shape index (κ1) is 16.9. The van der Waals surface area contributed by atoms with E-state index in [0.29, 0.717) is 10.1 Å². The summed E-state index contributed by atoms with van der Waals surface area (Å²) in [6, 6.07) is 0. The smallest absolute Gasteiger partial charge is 0.274 e. The minimum Gasteiger partial charge on any atom is -0.274 e. The summed E-state index contributed by atoms with van der Waals surface area (Å²) < 4.78 is 4.74. The maximum Gasteiger partial charge on any atom is 0.291 e. The van der Waals surface area contributed by atoms with Gasteiger partial charge in [0.1, 0.15) is 0 Å². The molecule has 2 aromatic rings. The minimum atomic E-state index is -0.451. The second kappa shape index (κ2) is 7.22. The van der Waals surface area contributed by atoms with Crippen LogP contribution in [-0.2, 0) is 18.4 Å². The number of carbonyl (C=O) groups excluding carboxylic acids is 2. The van der Waals surface area contributed by atoms with Gasteiger partial charge in [-0.15, -0.1) is 0 Å². The average molecular weight is 481 g/mol. The van der Waals surface area contributed by atoms with Crippen LogP contribution in [0.4, 0.5) is 0 Å². The Morgan fingerprint density at radius 3 is 2.68 bits per heavy atom. The summed E-state index contributed by atoms with van der Waals surface area (Å²) in [4.78, 5) is 23.9. The van der Waals surface area contributed by atoms with E-state index < -0.39 is 5.91 Å². The fourth-order valence-electron chi connectivity index (χ4n) is 1.72. The number of halogens is 2. The number of rotatable bonds is 4. The number of hydrogen-bond acceptors (Lipinski definition) is 4. The minimum absolute atomic E-state index is 0.270. The van der Waals surface area contributed by atoms with Crippen molar-refractivity contribution in [1.29, 1.82) is 0 Å². The molecule has 2 heterocycles. The van der Waals surface area contributed by atoms with Gasteiger partial charge in [-0.2, -0.15) is 10.2 Å². The highest BCUT2D eigenvalue weighted by Gasteiger charge is 2.18. The van der Waals surface area contributed by atoms with E-state index in [9.17, 15) is 9.59 Å².